The summed E-state index contributed by atoms with van der Waals surface area (Å²) in [7, 11) is 0. The van der Waals surface area contributed by atoms with Gasteiger partial charge in [0, 0.05) is 25.3 Å². The Hall–Kier alpha value is -1.98. The van der Waals surface area contributed by atoms with Crippen LogP contribution in [0.25, 0.3) is 11.4 Å². The van der Waals surface area contributed by atoms with Crippen LogP contribution in [0.1, 0.15) is 37.7 Å². The van der Waals surface area contributed by atoms with E-state index in [9.17, 15) is 0 Å². The van der Waals surface area contributed by atoms with Gasteiger partial charge in [-0.2, -0.15) is 0 Å². The predicted molar refractivity (Wildman–Crippen MR) is 98.2 cm³/mol. The van der Waals surface area contributed by atoms with Crippen molar-refractivity contribution in [1.82, 2.24) is 9.97 Å². The minimum atomic E-state index is 0.517. The first-order valence-electron chi connectivity index (χ1n) is 9.17. The monoisotopic (exact) mass is 341 g/mol. The fourth-order valence-corrected chi connectivity index (χ4v) is 3.14. The molecule has 2 heterocycles. The van der Waals surface area contributed by atoms with Crippen LogP contribution in [0.3, 0.4) is 0 Å². The Morgan fingerprint density at radius 2 is 1.92 bits per heavy atom. The molecule has 5 heteroatoms. The van der Waals surface area contributed by atoms with Crippen molar-refractivity contribution in [3.05, 3.63) is 42.2 Å². The summed E-state index contributed by atoms with van der Waals surface area (Å²) >= 11 is 0. The summed E-state index contributed by atoms with van der Waals surface area (Å²) in [5.41, 5.74) is 7.73. The van der Waals surface area contributed by atoms with Crippen LogP contribution in [0.5, 0.6) is 5.75 Å². The third-order valence-electron chi connectivity index (χ3n) is 4.67. The van der Waals surface area contributed by atoms with Gasteiger partial charge >= 0.3 is 0 Å². The molecular weight excluding hydrogens is 314 g/mol. The molecule has 1 saturated heterocycles. The number of benzene rings is 1. The highest BCUT2D eigenvalue weighted by Crippen LogP contribution is 2.21. The summed E-state index contributed by atoms with van der Waals surface area (Å²) in [6.07, 6.45) is 9.46. The van der Waals surface area contributed by atoms with Gasteiger partial charge in [-0.3, -0.25) is 0 Å². The van der Waals surface area contributed by atoms with E-state index in [0.29, 0.717) is 19.0 Å². The van der Waals surface area contributed by atoms with Crippen molar-refractivity contribution in [1.29, 1.82) is 0 Å². The topological polar surface area (TPSA) is 70.3 Å². The summed E-state index contributed by atoms with van der Waals surface area (Å²) in [6.45, 7) is 3.09. The van der Waals surface area contributed by atoms with Gasteiger partial charge in [0.2, 0.25) is 0 Å². The van der Waals surface area contributed by atoms with Gasteiger partial charge in [0.05, 0.1) is 19.0 Å². The molecule has 1 aromatic heterocycles. The number of hydrogen-bond acceptors (Lipinski definition) is 5. The fourth-order valence-electron chi connectivity index (χ4n) is 3.14. The molecule has 134 valence electrons. The van der Waals surface area contributed by atoms with Crippen LogP contribution >= 0.6 is 0 Å². The maximum Gasteiger partial charge on any atom is 0.159 e. The average Bonchev–Trinajstić information content (AvgIpc) is 2.69. The summed E-state index contributed by atoms with van der Waals surface area (Å²) in [4.78, 5) is 8.81. The highest BCUT2D eigenvalue weighted by atomic mass is 16.5. The summed E-state index contributed by atoms with van der Waals surface area (Å²) in [5, 5.41) is 0. The van der Waals surface area contributed by atoms with Gasteiger partial charge in [-0.1, -0.05) is 24.6 Å². The van der Waals surface area contributed by atoms with Gasteiger partial charge in [-0.15, -0.1) is 0 Å². The van der Waals surface area contributed by atoms with E-state index >= 15 is 0 Å². The van der Waals surface area contributed by atoms with Gasteiger partial charge < -0.3 is 15.2 Å². The molecule has 0 amide bonds. The highest BCUT2D eigenvalue weighted by molar-refractivity contribution is 5.56. The van der Waals surface area contributed by atoms with Crippen molar-refractivity contribution in [2.24, 2.45) is 11.7 Å². The van der Waals surface area contributed by atoms with E-state index < -0.39 is 0 Å². The Kier molecular flexibility index (Phi) is 6.77. The van der Waals surface area contributed by atoms with Crippen LogP contribution in [0.2, 0.25) is 0 Å². The Morgan fingerprint density at radius 1 is 1.12 bits per heavy atom. The Labute approximate surface area is 149 Å². The third-order valence-corrected chi connectivity index (χ3v) is 4.67. The molecule has 0 atom stereocenters. The molecule has 0 radical (unpaired) electrons. The number of unbranched alkanes of at least 4 members (excludes halogenated alkanes) is 1. The summed E-state index contributed by atoms with van der Waals surface area (Å²) in [5.74, 6) is 2.26. The van der Waals surface area contributed by atoms with E-state index in [4.69, 9.17) is 15.2 Å². The van der Waals surface area contributed by atoms with Crippen molar-refractivity contribution in [3.8, 4) is 17.1 Å². The molecule has 0 bridgehead atoms. The largest absolute Gasteiger partial charge is 0.490 e. The molecule has 0 saturated carbocycles. The van der Waals surface area contributed by atoms with Gasteiger partial charge in [-0.25, -0.2) is 9.97 Å². The van der Waals surface area contributed by atoms with Crippen molar-refractivity contribution < 1.29 is 9.47 Å². The van der Waals surface area contributed by atoms with Gasteiger partial charge in [0.25, 0.3) is 0 Å². The molecule has 0 spiro atoms. The molecule has 1 fully saturated rings. The third kappa shape index (κ3) is 5.51. The molecule has 1 aliphatic rings. The van der Waals surface area contributed by atoms with Crippen molar-refractivity contribution in [2.45, 2.75) is 38.6 Å². The number of rotatable bonds is 8. The quantitative estimate of drug-likeness (QED) is 0.743. The van der Waals surface area contributed by atoms with E-state index in [-0.39, 0.29) is 0 Å². The maximum atomic E-state index is 5.76. The van der Waals surface area contributed by atoms with Crippen LogP contribution < -0.4 is 10.5 Å². The van der Waals surface area contributed by atoms with Crippen LogP contribution in [-0.4, -0.2) is 29.8 Å². The lowest BCUT2D eigenvalue weighted by molar-refractivity contribution is 0.0628. The number of aromatic nitrogens is 2. The number of nitrogens with two attached hydrogens (primary N) is 1. The molecule has 2 N–H and O–H groups in total. The second kappa shape index (κ2) is 9.49. The fraction of sp³-hybridized carbons (Fsp3) is 0.500. The lowest BCUT2D eigenvalue weighted by atomic mass is 9.94. The summed E-state index contributed by atoms with van der Waals surface area (Å²) < 4.78 is 11.2. The zero-order valence-electron chi connectivity index (χ0n) is 14.7. The van der Waals surface area contributed by atoms with Crippen LogP contribution in [0.15, 0.2) is 36.7 Å². The van der Waals surface area contributed by atoms with E-state index in [1.807, 2.05) is 24.3 Å². The van der Waals surface area contributed by atoms with Crippen LogP contribution in [0, 0.1) is 5.92 Å². The lowest BCUT2D eigenvalue weighted by Crippen LogP contribution is -2.15. The molecule has 0 unspecified atom stereocenters. The first-order chi connectivity index (χ1) is 12.3. The highest BCUT2D eigenvalue weighted by Gasteiger charge is 2.12. The Balaban J connectivity index is 1.41. The van der Waals surface area contributed by atoms with Crippen molar-refractivity contribution in [3.63, 3.8) is 0 Å². The lowest BCUT2D eigenvalue weighted by Gasteiger charge is -2.21. The molecular formula is C20H27N3O2. The van der Waals surface area contributed by atoms with Crippen LogP contribution in [0.4, 0.5) is 0 Å². The minimum absolute atomic E-state index is 0.517. The zero-order chi connectivity index (χ0) is 17.3. The average molecular weight is 341 g/mol. The Bertz CT molecular complexity index is 640. The second-order valence-electron chi connectivity index (χ2n) is 6.55. The molecule has 2 aromatic rings. The SMILES string of the molecule is NCc1cccc(-c2ncc(OCCCCC3CCOCC3)cn2)c1. The van der Waals surface area contributed by atoms with E-state index in [0.717, 1.165) is 42.4 Å². The maximum absolute atomic E-state index is 5.76. The normalized spacial score (nSPS) is 15.2. The Morgan fingerprint density at radius 3 is 2.68 bits per heavy atom. The van der Waals surface area contributed by atoms with Gasteiger partial charge in [-0.05, 0) is 43.2 Å². The first-order valence-corrected chi connectivity index (χ1v) is 9.17. The minimum Gasteiger partial charge on any atom is -0.490 e. The number of ether oxygens (including phenoxy) is 2. The molecule has 0 aliphatic carbocycles. The zero-order valence-corrected chi connectivity index (χ0v) is 14.7. The van der Waals surface area contributed by atoms with Crippen molar-refractivity contribution >= 4 is 0 Å². The molecule has 1 aliphatic heterocycles. The molecule has 5 nitrogen and oxygen atoms in total. The van der Waals surface area contributed by atoms with E-state index in [1.165, 1.54) is 25.7 Å². The standard InChI is InChI=1S/C20H27N3O2/c21-13-17-5-3-6-18(12-17)20-22-14-19(15-23-20)25-9-2-1-4-16-7-10-24-11-8-16/h3,5-6,12,14-16H,1-2,4,7-11,13,21H2. The van der Waals surface area contributed by atoms with Gasteiger partial charge in [0.1, 0.15) is 0 Å². The summed E-state index contributed by atoms with van der Waals surface area (Å²) in [6, 6.07) is 7.99. The molecule has 3 rings (SSSR count). The number of hydrogen-bond donors (Lipinski definition) is 1. The van der Waals surface area contributed by atoms with Crippen molar-refractivity contribution in [2.75, 3.05) is 19.8 Å². The molecule has 25 heavy (non-hydrogen) atoms. The van der Waals surface area contributed by atoms with E-state index in [2.05, 4.69) is 9.97 Å². The smallest absolute Gasteiger partial charge is 0.159 e. The van der Waals surface area contributed by atoms with E-state index in [1.54, 1.807) is 12.4 Å². The number of nitrogens with zero attached hydrogens (tertiary/aromatic N) is 2. The van der Waals surface area contributed by atoms with Crippen LogP contribution in [-0.2, 0) is 11.3 Å². The molecule has 1 aromatic carbocycles. The predicted octanol–water partition coefficient (Wildman–Crippen LogP) is 3.58. The second-order valence-corrected chi connectivity index (χ2v) is 6.55. The first kappa shape index (κ1) is 17.8. The van der Waals surface area contributed by atoms with Gasteiger partial charge in [0.15, 0.2) is 11.6 Å².